The van der Waals surface area contributed by atoms with Crippen molar-refractivity contribution in [2.24, 2.45) is 22.2 Å². The molecule has 0 bridgehead atoms. The first kappa shape index (κ1) is 31.1. The number of primary amides is 1. The minimum Gasteiger partial charge on any atom is -0.481 e. The molecule has 0 saturated heterocycles. The van der Waals surface area contributed by atoms with E-state index in [1.807, 2.05) is 54.6 Å². The zero-order valence-corrected chi connectivity index (χ0v) is 22.2. The Kier molecular flexibility index (Phi) is 12.4. The van der Waals surface area contributed by atoms with E-state index in [9.17, 15) is 14.4 Å². The van der Waals surface area contributed by atoms with Crippen molar-refractivity contribution >= 4 is 40.5 Å². The fourth-order valence-electron chi connectivity index (χ4n) is 3.62. The van der Waals surface area contributed by atoms with Crippen LogP contribution in [0.15, 0.2) is 71.7 Å². The first-order valence-corrected chi connectivity index (χ1v) is 12.5. The molecule has 0 saturated carbocycles. The number of carbonyl (C=O) groups excluding carboxylic acids is 3. The van der Waals surface area contributed by atoms with Crippen LogP contribution in [-0.4, -0.2) is 47.5 Å². The number of hydrogen-bond acceptors (Lipinski definition) is 5. The molecular formula is C28H35N7O5. The van der Waals surface area contributed by atoms with Gasteiger partial charge in [-0.3, -0.25) is 19.4 Å². The van der Waals surface area contributed by atoms with Crippen LogP contribution in [0.1, 0.15) is 41.3 Å². The van der Waals surface area contributed by atoms with E-state index >= 15 is 0 Å². The Labute approximate surface area is 232 Å². The van der Waals surface area contributed by atoms with Gasteiger partial charge in [0.05, 0.1) is 0 Å². The minimum atomic E-state index is -0.833. The Morgan fingerprint density at radius 2 is 1.43 bits per heavy atom. The molecule has 0 heterocycles. The summed E-state index contributed by atoms with van der Waals surface area (Å²) in [6.07, 6.45) is 0.870. The lowest BCUT2D eigenvalue weighted by molar-refractivity contribution is -0.134. The van der Waals surface area contributed by atoms with Crippen molar-refractivity contribution in [1.29, 1.82) is 0 Å². The fraction of sp³-hybridized carbons (Fsp3) is 0.250. The number of nitrogens with one attached hydrogen (secondary N) is 3. The molecule has 0 unspecified atom stereocenters. The molecular weight excluding hydrogens is 514 g/mol. The van der Waals surface area contributed by atoms with Crippen LogP contribution in [-0.2, 0) is 22.7 Å². The number of fused-ring (bicyclic) bond motifs is 1. The van der Waals surface area contributed by atoms with Crippen LogP contribution in [0.5, 0.6) is 0 Å². The molecule has 0 spiro atoms. The second-order valence-electron chi connectivity index (χ2n) is 8.81. The fourth-order valence-corrected chi connectivity index (χ4v) is 3.62. The highest BCUT2D eigenvalue weighted by atomic mass is 16.4. The lowest BCUT2D eigenvalue weighted by Crippen LogP contribution is -2.46. The number of carbonyl (C=O) groups is 4. The Morgan fingerprint density at radius 3 is 2.00 bits per heavy atom. The average molecular weight is 550 g/mol. The first-order chi connectivity index (χ1) is 19.0. The third-order valence-electron chi connectivity index (χ3n) is 5.54. The van der Waals surface area contributed by atoms with Crippen LogP contribution in [0, 0.1) is 0 Å². The van der Waals surface area contributed by atoms with Crippen LogP contribution in [0.25, 0.3) is 10.8 Å². The van der Waals surface area contributed by atoms with Gasteiger partial charge >= 0.3 is 6.03 Å². The summed E-state index contributed by atoms with van der Waals surface area (Å²) in [5.74, 6) is -1.51. The van der Waals surface area contributed by atoms with Gasteiger partial charge in [-0.2, -0.15) is 0 Å². The van der Waals surface area contributed by atoms with Crippen molar-refractivity contribution in [2.75, 3.05) is 6.54 Å². The number of hydrogen-bond donors (Lipinski definition) is 7. The molecule has 0 fully saturated rings. The molecule has 0 aromatic heterocycles. The van der Waals surface area contributed by atoms with E-state index in [-0.39, 0.29) is 24.3 Å². The highest BCUT2D eigenvalue weighted by molar-refractivity contribution is 6.00. The summed E-state index contributed by atoms with van der Waals surface area (Å²) in [6, 6.07) is 19.2. The van der Waals surface area contributed by atoms with Gasteiger partial charge in [0, 0.05) is 32.1 Å². The van der Waals surface area contributed by atoms with Crippen molar-refractivity contribution in [3.8, 4) is 0 Å². The molecule has 12 nitrogen and oxygen atoms in total. The van der Waals surface area contributed by atoms with Crippen LogP contribution >= 0.6 is 0 Å². The molecule has 3 rings (SSSR count). The average Bonchev–Trinajstić information content (AvgIpc) is 2.92. The van der Waals surface area contributed by atoms with Crippen molar-refractivity contribution in [3.63, 3.8) is 0 Å². The maximum atomic E-state index is 13.0. The van der Waals surface area contributed by atoms with Gasteiger partial charge in [-0.05, 0) is 46.9 Å². The Morgan fingerprint density at radius 1 is 0.850 bits per heavy atom. The topological polar surface area (TPSA) is 215 Å². The number of amides is 4. The maximum absolute atomic E-state index is 13.0. The van der Waals surface area contributed by atoms with Crippen molar-refractivity contribution in [3.05, 3.63) is 83.4 Å². The number of urea groups is 1. The van der Waals surface area contributed by atoms with E-state index in [2.05, 4.69) is 20.9 Å². The second-order valence-corrected chi connectivity index (χ2v) is 8.81. The predicted octanol–water partition coefficient (Wildman–Crippen LogP) is 1.57. The summed E-state index contributed by atoms with van der Waals surface area (Å²) in [4.78, 5) is 49.8. The molecule has 0 aliphatic carbocycles. The number of rotatable bonds is 11. The Bertz CT molecular complexity index is 1330. The van der Waals surface area contributed by atoms with E-state index in [4.69, 9.17) is 27.1 Å². The molecule has 0 radical (unpaired) electrons. The van der Waals surface area contributed by atoms with Gasteiger partial charge in [0.25, 0.3) is 11.9 Å². The quantitative estimate of drug-likeness (QED) is 0.106. The maximum Gasteiger partial charge on any atom is 0.312 e. The number of benzene rings is 3. The van der Waals surface area contributed by atoms with Crippen LogP contribution in [0.2, 0.25) is 0 Å². The number of aliphatic carboxylic acids is 1. The van der Waals surface area contributed by atoms with Crippen LogP contribution < -0.4 is 33.2 Å². The summed E-state index contributed by atoms with van der Waals surface area (Å²) >= 11 is 0. The lowest BCUT2D eigenvalue weighted by atomic mass is 10.1. The number of aliphatic imine (C=N–C) groups is 1. The van der Waals surface area contributed by atoms with E-state index in [1.54, 1.807) is 12.1 Å². The monoisotopic (exact) mass is 549 g/mol. The van der Waals surface area contributed by atoms with Gasteiger partial charge in [0.1, 0.15) is 6.04 Å². The molecule has 0 aliphatic rings. The summed E-state index contributed by atoms with van der Waals surface area (Å²) in [6.45, 7) is 2.03. The second kappa shape index (κ2) is 16.0. The van der Waals surface area contributed by atoms with Crippen LogP contribution in [0.4, 0.5) is 4.79 Å². The van der Waals surface area contributed by atoms with Gasteiger partial charge in [-0.25, -0.2) is 4.79 Å². The Balaban J connectivity index is 0.00000131. The lowest BCUT2D eigenvalue weighted by Gasteiger charge is -2.19. The minimum absolute atomic E-state index is 0.0225. The molecule has 12 heteroatoms. The number of nitrogens with two attached hydrogens (primary N) is 3. The van der Waals surface area contributed by atoms with Gasteiger partial charge in [-0.15, -0.1) is 0 Å². The molecule has 10 N–H and O–H groups in total. The highest BCUT2D eigenvalue weighted by Crippen LogP contribution is 2.16. The van der Waals surface area contributed by atoms with Gasteiger partial charge in [0.2, 0.25) is 5.91 Å². The zero-order chi connectivity index (χ0) is 29.5. The molecule has 212 valence electrons. The van der Waals surface area contributed by atoms with Gasteiger partial charge in [0.15, 0.2) is 5.96 Å². The number of guanidine groups is 1. The van der Waals surface area contributed by atoms with Gasteiger partial charge < -0.3 is 38.3 Å². The smallest absolute Gasteiger partial charge is 0.312 e. The number of carboxylic acid groups (broad SMARTS) is 1. The van der Waals surface area contributed by atoms with Crippen molar-refractivity contribution in [2.45, 2.75) is 38.9 Å². The molecule has 0 aliphatic heterocycles. The highest BCUT2D eigenvalue weighted by Gasteiger charge is 2.21. The third-order valence-corrected chi connectivity index (χ3v) is 5.54. The van der Waals surface area contributed by atoms with E-state index in [0.717, 1.165) is 28.8 Å². The standard InChI is InChI=1S/C26H31N7O3.C2H4O2/c27-25(28)30-13-3-6-22(33-23(34)21-12-11-19-4-1-2-5-20(19)14-21)24(35)31-15-17-7-9-18(10-8-17)16-32-26(29)36;1-2(3)4/h1-2,4-5,7-12,14,22H,3,6,13,15-16H2,(H,31,35)(H,33,34)(H4,27,28,30)(H3,29,32,36);1H3,(H,3,4)/t22-;/m1./s1. The largest absolute Gasteiger partial charge is 0.481 e. The zero-order valence-electron chi connectivity index (χ0n) is 22.2. The van der Waals surface area contributed by atoms with E-state index in [0.29, 0.717) is 31.5 Å². The number of carboxylic acids is 1. The molecule has 1 atom stereocenters. The predicted molar refractivity (Wildman–Crippen MR) is 153 cm³/mol. The molecule has 3 aromatic carbocycles. The SMILES string of the molecule is CC(=O)O.NC(=O)NCc1ccc(CNC(=O)[C@@H](CCCN=C(N)N)NC(=O)c2ccc3ccccc3c2)cc1. The van der Waals surface area contributed by atoms with Crippen LogP contribution in [0.3, 0.4) is 0 Å². The molecule has 3 aromatic rings. The van der Waals surface area contributed by atoms with E-state index in [1.165, 1.54) is 0 Å². The number of nitrogens with zero attached hydrogens (tertiary/aromatic N) is 1. The van der Waals surface area contributed by atoms with Crippen molar-refractivity contribution in [1.82, 2.24) is 16.0 Å². The Hall–Kier alpha value is -5.13. The summed E-state index contributed by atoms with van der Waals surface area (Å²) in [5, 5.41) is 17.6. The first-order valence-electron chi connectivity index (χ1n) is 12.5. The normalized spacial score (nSPS) is 10.8. The summed E-state index contributed by atoms with van der Waals surface area (Å²) in [5.41, 5.74) is 18.1. The molecule has 40 heavy (non-hydrogen) atoms. The summed E-state index contributed by atoms with van der Waals surface area (Å²) < 4.78 is 0. The summed E-state index contributed by atoms with van der Waals surface area (Å²) in [7, 11) is 0. The van der Waals surface area contributed by atoms with Gasteiger partial charge in [-0.1, -0.05) is 54.6 Å². The third kappa shape index (κ3) is 11.5. The van der Waals surface area contributed by atoms with Crippen molar-refractivity contribution < 1.29 is 24.3 Å². The molecule has 4 amide bonds. The van der Waals surface area contributed by atoms with E-state index < -0.39 is 18.0 Å².